The van der Waals surface area contributed by atoms with Gasteiger partial charge in [0.1, 0.15) is 6.33 Å². The van der Waals surface area contributed by atoms with Crippen molar-refractivity contribution < 1.29 is 8.78 Å². The predicted molar refractivity (Wildman–Crippen MR) is 34.0 cm³/mol. The molecule has 50 valence electrons. The Morgan fingerprint density at radius 2 is 2.33 bits per heavy atom. The van der Waals surface area contributed by atoms with E-state index in [-0.39, 0.29) is 3.83 Å². The lowest BCUT2D eigenvalue weighted by Gasteiger charge is -1.95. The van der Waals surface area contributed by atoms with Crippen molar-refractivity contribution in [1.82, 2.24) is 14.8 Å². The van der Waals surface area contributed by atoms with E-state index in [4.69, 9.17) is 0 Å². The predicted octanol–water partition coefficient (Wildman–Crippen LogP) is 1.28. The zero-order valence-electron chi connectivity index (χ0n) is 4.13. The minimum atomic E-state index is -2.58. The molecule has 0 N–H and O–H groups in total. The molecule has 0 aromatic carbocycles. The average Bonchev–Trinajstić information content (AvgIpc) is 2.13. The fourth-order valence-electron chi connectivity index (χ4n) is 0.367. The molecule has 0 aliphatic rings. The number of halogens is 3. The molecule has 1 aromatic heterocycles. The number of hydrogen-bond donors (Lipinski definition) is 0. The van der Waals surface area contributed by atoms with E-state index < -0.39 is 6.55 Å². The Hall–Kier alpha value is -0.270. The van der Waals surface area contributed by atoms with E-state index in [0.29, 0.717) is 4.68 Å². The second-order valence-corrected chi connectivity index (χ2v) is 2.22. The fourth-order valence-corrected chi connectivity index (χ4v) is 0.826. The molecule has 3 nitrogen and oxygen atoms in total. The Bertz CT molecular complexity index is 199. The van der Waals surface area contributed by atoms with Crippen LogP contribution in [0.15, 0.2) is 6.33 Å². The van der Waals surface area contributed by atoms with Gasteiger partial charge in [-0.2, -0.15) is 18.6 Å². The van der Waals surface area contributed by atoms with E-state index in [1.807, 2.05) is 0 Å². The second kappa shape index (κ2) is 2.54. The molecule has 0 atom stereocenters. The van der Waals surface area contributed by atoms with Crippen molar-refractivity contribution in [3.63, 3.8) is 0 Å². The summed E-state index contributed by atoms with van der Waals surface area (Å²) in [7, 11) is 0. The first-order valence-electron chi connectivity index (χ1n) is 2.05. The summed E-state index contributed by atoms with van der Waals surface area (Å²) in [6, 6.07) is 0. The molecule has 0 saturated heterocycles. The number of aromatic nitrogens is 3. The number of rotatable bonds is 1. The Labute approximate surface area is 63.2 Å². The van der Waals surface area contributed by atoms with E-state index in [0.717, 1.165) is 6.33 Å². The highest BCUT2D eigenvalue weighted by atomic mass is 127. The third-order valence-corrected chi connectivity index (χ3v) is 1.49. The Kier molecular flexibility index (Phi) is 1.94. The maximum atomic E-state index is 11.7. The molecule has 0 saturated carbocycles. The van der Waals surface area contributed by atoms with Crippen LogP contribution < -0.4 is 0 Å². The van der Waals surface area contributed by atoms with Crippen molar-refractivity contribution in [1.29, 1.82) is 0 Å². The van der Waals surface area contributed by atoms with Crippen LogP contribution in [0.25, 0.3) is 0 Å². The largest absolute Gasteiger partial charge is 0.335 e. The second-order valence-electron chi connectivity index (χ2n) is 1.25. The molecule has 6 heteroatoms. The van der Waals surface area contributed by atoms with Crippen LogP contribution in [0.2, 0.25) is 0 Å². The topological polar surface area (TPSA) is 30.7 Å². The lowest BCUT2D eigenvalue weighted by molar-refractivity contribution is 0.0532. The van der Waals surface area contributed by atoms with Crippen LogP contribution in [0.4, 0.5) is 8.78 Å². The van der Waals surface area contributed by atoms with Crippen molar-refractivity contribution >= 4 is 22.6 Å². The molecule has 1 aromatic rings. The summed E-state index contributed by atoms with van der Waals surface area (Å²) in [5.41, 5.74) is 0. The van der Waals surface area contributed by atoms with Gasteiger partial charge in [-0.25, -0.2) is 4.98 Å². The average molecular weight is 245 g/mol. The van der Waals surface area contributed by atoms with Gasteiger partial charge in [0, 0.05) is 22.6 Å². The fraction of sp³-hybridized carbons (Fsp3) is 0.333. The van der Waals surface area contributed by atoms with Gasteiger partial charge in [0.2, 0.25) is 0 Å². The molecular weight excluding hydrogens is 243 g/mol. The van der Waals surface area contributed by atoms with Gasteiger partial charge in [-0.05, 0) is 0 Å². The van der Waals surface area contributed by atoms with E-state index in [1.54, 1.807) is 22.6 Å². The van der Waals surface area contributed by atoms with E-state index in [1.165, 1.54) is 0 Å². The monoisotopic (exact) mass is 245 g/mol. The minimum Gasteiger partial charge on any atom is -0.210 e. The molecule has 1 rings (SSSR count). The molecule has 1 heterocycles. The Balaban J connectivity index is 2.94. The van der Waals surface area contributed by atoms with Crippen LogP contribution in [0.3, 0.4) is 0 Å². The SMILES string of the molecule is FC(F)n1ncnc1I. The maximum Gasteiger partial charge on any atom is 0.335 e. The molecule has 0 radical (unpaired) electrons. The van der Waals surface area contributed by atoms with Crippen LogP contribution >= 0.6 is 22.6 Å². The van der Waals surface area contributed by atoms with Crippen LogP contribution in [-0.2, 0) is 0 Å². The van der Waals surface area contributed by atoms with E-state index in [2.05, 4.69) is 10.1 Å². The van der Waals surface area contributed by atoms with E-state index in [9.17, 15) is 8.78 Å². The molecule has 0 amide bonds. The van der Waals surface area contributed by atoms with Gasteiger partial charge in [0.15, 0.2) is 3.83 Å². The number of alkyl halides is 2. The first-order chi connectivity index (χ1) is 4.22. The highest BCUT2D eigenvalue weighted by Gasteiger charge is 2.09. The van der Waals surface area contributed by atoms with Crippen molar-refractivity contribution in [2.75, 3.05) is 0 Å². The van der Waals surface area contributed by atoms with Crippen molar-refractivity contribution in [3.05, 3.63) is 10.2 Å². The number of hydrogen-bond acceptors (Lipinski definition) is 2. The van der Waals surface area contributed by atoms with Crippen molar-refractivity contribution in [2.24, 2.45) is 0 Å². The summed E-state index contributed by atoms with van der Waals surface area (Å²) < 4.78 is 24.2. The van der Waals surface area contributed by atoms with Crippen LogP contribution in [0.5, 0.6) is 0 Å². The summed E-state index contributed by atoms with van der Waals surface area (Å²) in [5, 5.41) is 3.26. The lowest BCUT2D eigenvalue weighted by atomic mass is 11.1. The van der Waals surface area contributed by atoms with Crippen LogP contribution in [0.1, 0.15) is 6.55 Å². The summed E-state index contributed by atoms with van der Waals surface area (Å²) in [6.45, 7) is -2.58. The van der Waals surface area contributed by atoms with Crippen molar-refractivity contribution in [3.8, 4) is 0 Å². The summed E-state index contributed by atoms with van der Waals surface area (Å²) in [5.74, 6) is 0. The van der Waals surface area contributed by atoms with E-state index >= 15 is 0 Å². The molecular formula is C3H2F2IN3. The summed E-state index contributed by atoms with van der Waals surface area (Å²) >= 11 is 1.68. The minimum absolute atomic E-state index is 0.197. The summed E-state index contributed by atoms with van der Waals surface area (Å²) in [6.07, 6.45) is 1.09. The van der Waals surface area contributed by atoms with Gasteiger partial charge < -0.3 is 0 Å². The Morgan fingerprint density at radius 3 is 2.56 bits per heavy atom. The zero-order chi connectivity index (χ0) is 6.85. The van der Waals surface area contributed by atoms with Gasteiger partial charge in [0.25, 0.3) is 0 Å². The molecule has 9 heavy (non-hydrogen) atoms. The smallest absolute Gasteiger partial charge is 0.210 e. The normalized spacial score (nSPS) is 10.7. The highest BCUT2D eigenvalue weighted by Crippen LogP contribution is 2.10. The van der Waals surface area contributed by atoms with Crippen molar-refractivity contribution in [2.45, 2.75) is 6.55 Å². The third kappa shape index (κ3) is 1.35. The third-order valence-electron chi connectivity index (χ3n) is 0.714. The molecule has 0 bridgehead atoms. The number of nitrogens with zero attached hydrogens (tertiary/aromatic N) is 3. The molecule has 0 fully saturated rings. The van der Waals surface area contributed by atoms with Gasteiger partial charge >= 0.3 is 6.55 Å². The lowest BCUT2D eigenvalue weighted by Crippen LogP contribution is -2.02. The van der Waals surface area contributed by atoms with Gasteiger partial charge in [-0.3, -0.25) is 0 Å². The quantitative estimate of drug-likeness (QED) is 0.697. The highest BCUT2D eigenvalue weighted by molar-refractivity contribution is 14.1. The molecule has 0 aliphatic heterocycles. The molecule has 0 aliphatic carbocycles. The molecule has 0 unspecified atom stereocenters. The summed E-state index contributed by atoms with van der Waals surface area (Å²) in [4.78, 5) is 3.50. The Morgan fingerprint density at radius 1 is 1.67 bits per heavy atom. The van der Waals surface area contributed by atoms with Crippen LogP contribution in [0, 0.1) is 3.83 Å². The van der Waals surface area contributed by atoms with Crippen LogP contribution in [-0.4, -0.2) is 14.8 Å². The van der Waals surface area contributed by atoms with Gasteiger partial charge in [0.05, 0.1) is 0 Å². The van der Waals surface area contributed by atoms with Gasteiger partial charge in [-0.15, -0.1) is 0 Å². The van der Waals surface area contributed by atoms with Gasteiger partial charge in [-0.1, -0.05) is 0 Å². The first-order valence-corrected chi connectivity index (χ1v) is 3.13. The maximum absolute atomic E-state index is 11.7. The molecule has 0 spiro atoms. The first kappa shape index (κ1) is 6.84. The zero-order valence-corrected chi connectivity index (χ0v) is 6.29. The standard InChI is InChI=1S/C3H2F2IN3/c4-2(5)9-3(6)7-1-8-9/h1-2H.